The second-order valence-electron chi connectivity index (χ2n) is 4.15. The zero-order valence-electron chi connectivity index (χ0n) is 8.65. The van der Waals surface area contributed by atoms with Crippen LogP contribution in [0.2, 0.25) is 0 Å². The van der Waals surface area contributed by atoms with Gasteiger partial charge in [0.15, 0.2) is 0 Å². The Hall–Kier alpha value is -0.380. The number of thiophene rings is 1. The van der Waals surface area contributed by atoms with Crippen LogP contribution in [0.25, 0.3) is 0 Å². The summed E-state index contributed by atoms with van der Waals surface area (Å²) in [6.45, 7) is 1.93. The Kier molecular flexibility index (Phi) is 3.21. The minimum absolute atomic E-state index is 0.426. The fourth-order valence-corrected chi connectivity index (χ4v) is 2.73. The van der Waals surface area contributed by atoms with E-state index in [0.717, 1.165) is 12.5 Å². The molecule has 0 amide bonds. The molecular weight excluding hydrogens is 192 g/mol. The lowest BCUT2D eigenvalue weighted by Crippen LogP contribution is -2.31. The Labute approximate surface area is 89.7 Å². The van der Waals surface area contributed by atoms with Gasteiger partial charge in [-0.1, -0.05) is 6.07 Å². The summed E-state index contributed by atoms with van der Waals surface area (Å²) in [7, 11) is 2.19. The predicted octanol–water partition coefficient (Wildman–Crippen LogP) is 2.09. The quantitative estimate of drug-likeness (QED) is 0.806. The zero-order valence-corrected chi connectivity index (χ0v) is 9.46. The van der Waals surface area contributed by atoms with Crippen molar-refractivity contribution in [3.63, 3.8) is 0 Å². The number of hydrogen-bond acceptors (Lipinski definition) is 3. The van der Waals surface area contributed by atoms with Crippen LogP contribution in [0, 0.1) is 5.92 Å². The van der Waals surface area contributed by atoms with Crippen molar-refractivity contribution in [3.05, 3.63) is 22.4 Å². The highest BCUT2D eigenvalue weighted by atomic mass is 32.1. The molecular formula is C11H18N2S. The third kappa shape index (κ3) is 2.35. The fraction of sp³-hybridized carbons (Fsp3) is 0.636. The van der Waals surface area contributed by atoms with Gasteiger partial charge < -0.3 is 5.73 Å². The Morgan fingerprint density at radius 2 is 2.43 bits per heavy atom. The molecule has 0 aliphatic heterocycles. The first-order valence-corrected chi connectivity index (χ1v) is 6.13. The smallest absolute Gasteiger partial charge is 0.0561 e. The molecule has 1 aromatic heterocycles. The van der Waals surface area contributed by atoms with E-state index in [1.54, 1.807) is 0 Å². The minimum Gasteiger partial charge on any atom is -0.329 e. The first-order chi connectivity index (χ1) is 6.81. The molecule has 0 spiro atoms. The highest BCUT2D eigenvalue weighted by Gasteiger charge is 2.26. The Bertz CT molecular complexity index is 267. The number of hydrogen-bond donors (Lipinski definition) is 1. The number of nitrogens with zero attached hydrogens (tertiary/aromatic N) is 1. The average molecular weight is 210 g/mol. The van der Waals surface area contributed by atoms with Crippen LogP contribution in [0.4, 0.5) is 0 Å². The van der Waals surface area contributed by atoms with Gasteiger partial charge in [0, 0.05) is 18.0 Å². The van der Waals surface area contributed by atoms with E-state index in [1.807, 2.05) is 11.3 Å². The van der Waals surface area contributed by atoms with E-state index in [4.69, 9.17) is 5.73 Å². The van der Waals surface area contributed by atoms with Crippen LogP contribution >= 0.6 is 11.3 Å². The van der Waals surface area contributed by atoms with Crippen LogP contribution in [0.3, 0.4) is 0 Å². The number of likely N-dealkylation sites (N-methyl/N-ethyl adjacent to an activating group) is 1. The molecule has 1 fully saturated rings. The Morgan fingerprint density at radius 3 is 2.93 bits per heavy atom. The molecule has 14 heavy (non-hydrogen) atoms. The maximum absolute atomic E-state index is 5.83. The summed E-state index contributed by atoms with van der Waals surface area (Å²) in [5.41, 5.74) is 5.83. The molecule has 1 unspecified atom stereocenters. The van der Waals surface area contributed by atoms with Crippen molar-refractivity contribution >= 4 is 11.3 Å². The van der Waals surface area contributed by atoms with E-state index in [2.05, 4.69) is 29.5 Å². The summed E-state index contributed by atoms with van der Waals surface area (Å²) in [6.07, 6.45) is 2.82. The van der Waals surface area contributed by atoms with Crippen LogP contribution in [-0.2, 0) is 0 Å². The lowest BCUT2D eigenvalue weighted by atomic mass is 10.2. The highest BCUT2D eigenvalue weighted by Crippen LogP contribution is 2.32. The molecule has 3 heteroatoms. The molecule has 0 aromatic carbocycles. The largest absolute Gasteiger partial charge is 0.329 e. The van der Waals surface area contributed by atoms with Gasteiger partial charge in [0.1, 0.15) is 0 Å². The van der Waals surface area contributed by atoms with Crippen LogP contribution < -0.4 is 5.73 Å². The second kappa shape index (κ2) is 4.43. The molecule has 0 bridgehead atoms. The number of nitrogens with two attached hydrogens (primary N) is 1. The van der Waals surface area contributed by atoms with E-state index >= 15 is 0 Å². The normalized spacial score (nSPS) is 18.8. The Morgan fingerprint density at radius 1 is 1.64 bits per heavy atom. The zero-order chi connectivity index (χ0) is 9.97. The van der Waals surface area contributed by atoms with Crippen molar-refractivity contribution in [3.8, 4) is 0 Å². The first-order valence-electron chi connectivity index (χ1n) is 5.25. The summed E-state index contributed by atoms with van der Waals surface area (Å²) in [6, 6.07) is 4.72. The minimum atomic E-state index is 0.426. The molecule has 2 rings (SSSR count). The maximum Gasteiger partial charge on any atom is 0.0561 e. The van der Waals surface area contributed by atoms with Gasteiger partial charge in [-0.05, 0) is 37.3 Å². The van der Waals surface area contributed by atoms with Gasteiger partial charge in [0.05, 0.1) is 6.04 Å². The van der Waals surface area contributed by atoms with Gasteiger partial charge in [0.2, 0.25) is 0 Å². The van der Waals surface area contributed by atoms with Gasteiger partial charge in [-0.3, -0.25) is 4.90 Å². The molecule has 2 nitrogen and oxygen atoms in total. The molecule has 0 radical (unpaired) electrons. The van der Waals surface area contributed by atoms with E-state index in [-0.39, 0.29) is 0 Å². The standard InChI is InChI=1S/C11H18N2S/c1-13(8-9-4-5-9)10(7-12)11-3-2-6-14-11/h2-3,6,9-10H,4-5,7-8,12H2,1H3. The van der Waals surface area contributed by atoms with E-state index < -0.39 is 0 Å². The van der Waals surface area contributed by atoms with Crippen LogP contribution in [-0.4, -0.2) is 25.0 Å². The van der Waals surface area contributed by atoms with E-state index in [0.29, 0.717) is 6.04 Å². The third-order valence-corrected chi connectivity index (χ3v) is 3.84. The van der Waals surface area contributed by atoms with Crippen molar-refractivity contribution in [1.29, 1.82) is 0 Å². The first kappa shape index (κ1) is 10.1. The van der Waals surface area contributed by atoms with Gasteiger partial charge in [-0.25, -0.2) is 0 Å². The molecule has 1 aliphatic carbocycles. The fourth-order valence-electron chi connectivity index (χ4n) is 1.83. The van der Waals surface area contributed by atoms with Crippen LogP contribution in [0.5, 0.6) is 0 Å². The Balaban J connectivity index is 1.97. The van der Waals surface area contributed by atoms with E-state index in [9.17, 15) is 0 Å². The molecule has 1 saturated carbocycles. The molecule has 78 valence electrons. The molecule has 0 saturated heterocycles. The summed E-state index contributed by atoms with van der Waals surface area (Å²) in [4.78, 5) is 3.80. The van der Waals surface area contributed by atoms with Gasteiger partial charge in [-0.15, -0.1) is 11.3 Å². The lowest BCUT2D eigenvalue weighted by Gasteiger charge is -2.25. The molecule has 1 aliphatic rings. The van der Waals surface area contributed by atoms with Gasteiger partial charge in [0.25, 0.3) is 0 Å². The third-order valence-electron chi connectivity index (χ3n) is 2.87. The molecule has 1 heterocycles. The summed E-state index contributed by atoms with van der Waals surface area (Å²) in [5.74, 6) is 0.939. The SMILES string of the molecule is CN(CC1CC1)C(CN)c1cccs1. The van der Waals surface area contributed by atoms with Gasteiger partial charge >= 0.3 is 0 Å². The van der Waals surface area contributed by atoms with Crippen molar-refractivity contribution in [2.24, 2.45) is 11.7 Å². The van der Waals surface area contributed by atoms with E-state index in [1.165, 1.54) is 24.3 Å². The molecule has 1 aromatic rings. The average Bonchev–Trinajstić information content (AvgIpc) is 2.82. The summed E-state index contributed by atoms with van der Waals surface area (Å²) >= 11 is 1.81. The number of rotatable bonds is 5. The van der Waals surface area contributed by atoms with Gasteiger partial charge in [-0.2, -0.15) is 0 Å². The molecule has 2 N–H and O–H groups in total. The summed E-state index contributed by atoms with van der Waals surface area (Å²) in [5, 5.41) is 2.13. The summed E-state index contributed by atoms with van der Waals surface area (Å²) < 4.78 is 0. The second-order valence-corrected chi connectivity index (χ2v) is 5.13. The van der Waals surface area contributed by atoms with Crippen molar-refractivity contribution in [1.82, 2.24) is 4.90 Å². The predicted molar refractivity (Wildman–Crippen MR) is 61.5 cm³/mol. The maximum atomic E-state index is 5.83. The lowest BCUT2D eigenvalue weighted by molar-refractivity contribution is 0.243. The monoisotopic (exact) mass is 210 g/mol. The highest BCUT2D eigenvalue weighted by molar-refractivity contribution is 7.10. The molecule has 1 atom stereocenters. The topological polar surface area (TPSA) is 29.3 Å². The van der Waals surface area contributed by atoms with Crippen molar-refractivity contribution in [2.75, 3.05) is 20.1 Å². The van der Waals surface area contributed by atoms with Crippen molar-refractivity contribution in [2.45, 2.75) is 18.9 Å². The van der Waals surface area contributed by atoms with Crippen molar-refractivity contribution < 1.29 is 0 Å². The van der Waals surface area contributed by atoms with Crippen LogP contribution in [0.15, 0.2) is 17.5 Å². The van der Waals surface area contributed by atoms with Crippen LogP contribution in [0.1, 0.15) is 23.8 Å².